The third-order valence-corrected chi connectivity index (χ3v) is 2.73. The molecule has 0 unspecified atom stereocenters. The van der Waals surface area contributed by atoms with E-state index in [1.807, 2.05) is 0 Å². The minimum absolute atomic E-state index is 0.129. The summed E-state index contributed by atoms with van der Waals surface area (Å²) in [5.74, 6) is -1.31. The Hall–Kier alpha value is -1.23. The Morgan fingerprint density at radius 3 is 2.47 bits per heavy atom. The first kappa shape index (κ1) is 13.8. The molecule has 0 aromatic heterocycles. The molecule has 0 heterocycles. The summed E-state index contributed by atoms with van der Waals surface area (Å²) >= 11 is 1.33. The first-order chi connectivity index (χ1) is 7.74. The van der Waals surface area contributed by atoms with E-state index in [-0.39, 0.29) is 5.56 Å². The lowest BCUT2D eigenvalue weighted by Crippen LogP contribution is -2.24. The second-order valence-electron chi connectivity index (χ2n) is 4.58. The summed E-state index contributed by atoms with van der Waals surface area (Å²) in [5.41, 5.74) is 5.30. The number of carbonyl (C=O) groups excluding carboxylic acids is 1. The van der Waals surface area contributed by atoms with Crippen LogP contribution in [0.25, 0.3) is 0 Å². The number of nitrogen functional groups attached to an aromatic ring is 1. The van der Waals surface area contributed by atoms with Crippen molar-refractivity contribution in [3.63, 3.8) is 0 Å². The van der Waals surface area contributed by atoms with E-state index in [0.29, 0.717) is 10.6 Å². The Labute approximate surface area is 105 Å². The van der Waals surface area contributed by atoms with Gasteiger partial charge in [0.25, 0.3) is 0 Å². The van der Waals surface area contributed by atoms with Crippen LogP contribution in [0.5, 0.6) is 0 Å². The number of nitrogens with two attached hydrogens (primary N) is 1. The van der Waals surface area contributed by atoms with Gasteiger partial charge in [-0.1, -0.05) is 0 Å². The van der Waals surface area contributed by atoms with Gasteiger partial charge in [0.05, 0.1) is 5.56 Å². The normalized spacial score (nSPS) is 11.4. The first-order valence-corrected chi connectivity index (χ1v) is 6.33. The smallest absolute Gasteiger partial charge is 0.341 e. The maximum Gasteiger partial charge on any atom is 0.341 e. The topological polar surface area (TPSA) is 52.3 Å². The van der Waals surface area contributed by atoms with Gasteiger partial charge in [0.1, 0.15) is 11.4 Å². The third-order valence-electron chi connectivity index (χ3n) is 1.94. The van der Waals surface area contributed by atoms with Crippen molar-refractivity contribution in [2.75, 3.05) is 12.0 Å². The van der Waals surface area contributed by atoms with Crippen LogP contribution in [0.4, 0.5) is 10.1 Å². The standard InChI is InChI=1S/C12H16FNO2S/c1-12(2,3)16-11(15)7-5-9(14)10(17-4)6-8(7)13/h5-6H,14H2,1-4H3. The molecule has 2 N–H and O–H groups in total. The third kappa shape index (κ3) is 3.63. The summed E-state index contributed by atoms with van der Waals surface area (Å²) in [6.45, 7) is 5.17. The van der Waals surface area contributed by atoms with Gasteiger partial charge in [0, 0.05) is 10.6 Å². The zero-order valence-corrected chi connectivity index (χ0v) is 11.2. The monoisotopic (exact) mass is 257 g/mol. The van der Waals surface area contributed by atoms with E-state index >= 15 is 0 Å². The highest BCUT2D eigenvalue weighted by atomic mass is 32.2. The summed E-state index contributed by atoms with van der Waals surface area (Å²) in [6.07, 6.45) is 1.79. The molecule has 0 aliphatic heterocycles. The zero-order valence-electron chi connectivity index (χ0n) is 10.3. The highest BCUT2D eigenvalue weighted by Gasteiger charge is 2.21. The summed E-state index contributed by atoms with van der Waals surface area (Å²) in [7, 11) is 0. The highest BCUT2D eigenvalue weighted by molar-refractivity contribution is 7.98. The van der Waals surface area contributed by atoms with Crippen LogP contribution in [0.15, 0.2) is 17.0 Å². The lowest BCUT2D eigenvalue weighted by molar-refractivity contribution is 0.00647. The van der Waals surface area contributed by atoms with Gasteiger partial charge in [-0.05, 0) is 39.2 Å². The van der Waals surface area contributed by atoms with Gasteiger partial charge in [-0.25, -0.2) is 9.18 Å². The average Bonchev–Trinajstić information content (AvgIpc) is 2.18. The average molecular weight is 257 g/mol. The molecular weight excluding hydrogens is 241 g/mol. The van der Waals surface area contributed by atoms with E-state index < -0.39 is 17.4 Å². The molecule has 1 aromatic rings. The number of benzene rings is 1. The fourth-order valence-electron chi connectivity index (χ4n) is 1.24. The molecule has 1 aromatic carbocycles. The fourth-order valence-corrected chi connectivity index (χ4v) is 1.75. The molecule has 0 spiro atoms. The number of hydrogen-bond donors (Lipinski definition) is 1. The molecule has 5 heteroatoms. The van der Waals surface area contributed by atoms with E-state index in [2.05, 4.69) is 0 Å². The molecule has 17 heavy (non-hydrogen) atoms. The van der Waals surface area contributed by atoms with Crippen LogP contribution in [-0.4, -0.2) is 17.8 Å². The number of anilines is 1. The van der Waals surface area contributed by atoms with Crippen molar-refractivity contribution >= 4 is 23.4 Å². The molecule has 0 aliphatic carbocycles. The first-order valence-electron chi connectivity index (χ1n) is 5.11. The maximum atomic E-state index is 13.7. The molecule has 1 rings (SSSR count). The quantitative estimate of drug-likeness (QED) is 0.502. The molecule has 0 aliphatic rings. The van der Waals surface area contributed by atoms with Crippen LogP contribution < -0.4 is 5.73 Å². The molecule has 0 amide bonds. The molecule has 0 radical (unpaired) electrons. The van der Waals surface area contributed by atoms with Crippen molar-refractivity contribution in [1.29, 1.82) is 0 Å². The molecule has 94 valence electrons. The summed E-state index contributed by atoms with van der Waals surface area (Å²) < 4.78 is 18.8. The van der Waals surface area contributed by atoms with Crippen LogP contribution in [0.2, 0.25) is 0 Å². The van der Waals surface area contributed by atoms with Gasteiger partial charge in [0.15, 0.2) is 0 Å². The largest absolute Gasteiger partial charge is 0.456 e. The van der Waals surface area contributed by atoms with Crippen LogP contribution in [0.1, 0.15) is 31.1 Å². The van der Waals surface area contributed by atoms with Gasteiger partial charge < -0.3 is 10.5 Å². The van der Waals surface area contributed by atoms with Gasteiger partial charge >= 0.3 is 5.97 Å². The van der Waals surface area contributed by atoms with Crippen molar-refractivity contribution in [3.8, 4) is 0 Å². The fraction of sp³-hybridized carbons (Fsp3) is 0.417. The summed E-state index contributed by atoms with van der Waals surface area (Å²) in [5, 5.41) is 0. The number of hydrogen-bond acceptors (Lipinski definition) is 4. The van der Waals surface area contributed by atoms with Gasteiger partial charge in [-0.2, -0.15) is 0 Å². The van der Waals surface area contributed by atoms with Gasteiger partial charge in [-0.15, -0.1) is 11.8 Å². The second kappa shape index (κ2) is 4.96. The SMILES string of the molecule is CSc1cc(F)c(C(=O)OC(C)(C)C)cc1N. The highest BCUT2D eigenvalue weighted by Crippen LogP contribution is 2.27. The van der Waals surface area contributed by atoms with E-state index in [1.54, 1.807) is 27.0 Å². The van der Waals surface area contributed by atoms with E-state index in [4.69, 9.17) is 10.5 Å². The lowest BCUT2D eigenvalue weighted by Gasteiger charge is -2.20. The van der Waals surface area contributed by atoms with Crippen LogP contribution in [0.3, 0.4) is 0 Å². The van der Waals surface area contributed by atoms with Crippen LogP contribution in [0, 0.1) is 5.82 Å². The maximum absolute atomic E-state index is 13.7. The zero-order chi connectivity index (χ0) is 13.2. The van der Waals surface area contributed by atoms with E-state index in [9.17, 15) is 9.18 Å². The van der Waals surface area contributed by atoms with Crippen molar-refractivity contribution in [2.45, 2.75) is 31.3 Å². The predicted octanol–water partition coefficient (Wildman–Crippen LogP) is 3.09. The Morgan fingerprint density at radius 2 is 2.00 bits per heavy atom. The Bertz CT molecular complexity index is 441. The van der Waals surface area contributed by atoms with Crippen molar-refractivity contribution in [2.24, 2.45) is 0 Å². The van der Waals surface area contributed by atoms with Crippen LogP contribution >= 0.6 is 11.8 Å². The minimum Gasteiger partial charge on any atom is -0.456 e. The molecular formula is C12H16FNO2S. The lowest BCUT2D eigenvalue weighted by atomic mass is 10.1. The van der Waals surface area contributed by atoms with Crippen LogP contribution in [-0.2, 0) is 4.74 Å². The summed E-state index contributed by atoms with van der Waals surface area (Å²) in [6, 6.07) is 2.56. The molecule has 0 saturated heterocycles. The van der Waals surface area contributed by atoms with Crippen molar-refractivity contribution < 1.29 is 13.9 Å². The predicted molar refractivity (Wildman–Crippen MR) is 67.8 cm³/mol. The Kier molecular flexibility index (Phi) is 4.03. The van der Waals surface area contributed by atoms with E-state index in [1.165, 1.54) is 23.9 Å². The number of esters is 1. The molecule has 0 fully saturated rings. The number of ether oxygens (including phenoxy) is 1. The van der Waals surface area contributed by atoms with Gasteiger partial charge in [-0.3, -0.25) is 0 Å². The second-order valence-corrected chi connectivity index (χ2v) is 5.42. The molecule has 3 nitrogen and oxygen atoms in total. The summed E-state index contributed by atoms with van der Waals surface area (Å²) in [4.78, 5) is 12.3. The molecule has 0 atom stereocenters. The van der Waals surface area contributed by atoms with Crippen molar-refractivity contribution in [1.82, 2.24) is 0 Å². The van der Waals surface area contributed by atoms with Crippen molar-refractivity contribution in [3.05, 3.63) is 23.5 Å². The minimum atomic E-state index is -0.700. The number of rotatable bonds is 2. The Balaban J connectivity index is 3.07. The molecule has 0 saturated carbocycles. The number of halogens is 1. The Morgan fingerprint density at radius 1 is 1.41 bits per heavy atom. The molecule has 0 bridgehead atoms. The van der Waals surface area contributed by atoms with Gasteiger partial charge in [0.2, 0.25) is 0 Å². The number of carbonyl (C=O) groups is 1. The van der Waals surface area contributed by atoms with E-state index in [0.717, 1.165) is 0 Å². The number of thioether (sulfide) groups is 1.